The van der Waals surface area contributed by atoms with E-state index in [1.807, 2.05) is 12.1 Å². The Morgan fingerprint density at radius 2 is 1.85 bits per heavy atom. The van der Waals surface area contributed by atoms with Crippen LogP contribution in [0.4, 0.5) is 0 Å². The molecule has 6 nitrogen and oxygen atoms in total. The molecule has 0 aliphatic rings. The second-order valence-corrected chi connectivity index (χ2v) is 6.97. The van der Waals surface area contributed by atoms with E-state index < -0.39 is 0 Å². The van der Waals surface area contributed by atoms with Gasteiger partial charge in [-0.3, -0.25) is 0 Å². The topological polar surface area (TPSA) is 61.2 Å². The molecule has 0 aliphatic carbocycles. The summed E-state index contributed by atoms with van der Waals surface area (Å²) in [5, 5.41) is 8.60. The molecule has 3 aromatic rings. The maximum Gasteiger partial charge on any atom is 0.175 e. The van der Waals surface area contributed by atoms with Crippen molar-refractivity contribution in [2.45, 2.75) is 13.2 Å². The summed E-state index contributed by atoms with van der Waals surface area (Å²) in [7, 11) is 1.59. The first kappa shape index (κ1) is 18.8. The van der Waals surface area contributed by atoms with Crippen molar-refractivity contribution in [1.29, 1.82) is 0 Å². The third-order valence-corrected chi connectivity index (χ3v) is 4.89. The number of methoxy groups -OCH3 is 1. The van der Waals surface area contributed by atoms with Crippen molar-refractivity contribution in [3.63, 3.8) is 0 Å². The maximum atomic E-state index is 6.20. The summed E-state index contributed by atoms with van der Waals surface area (Å²) < 4.78 is 13.8. The minimum Gasteiger partial charge on any atom is -0.493 e. The van der Waals surface area contributed by atoms with Crippen LogP contribution in [0.5, 0.6) is 11.5 Å². The molecule has 1 N–H and O–H groups in total. The zero-order chi connectivity index (χ0) is 18.5. The zero-order valence-electron chi connectivity index (χ0n) is 13.7. The largest absolute Gasteiger partial charge is 0.493 e. The molecule has 0 saturated carbocycles. The number of nitrogens with zero attached hydrogens (tertiary/aromatic N) is 3. The molecule has 2 aromatic carbocycles. The van der Waals surface area contributed by atoms with Crippen molar-refractivity contribution in [2.75, 3.05) is 12.5 Å². The van der Waals surface area contributed by atoms with E-state index >= 15 is 0 Å². The standard InChI is InChI=1S/C17H15BrCl2N4O2/c1-25-16-6-11(7-23-24-9-21-22-10-24)5-13(18)17(16)26-8-12-14(19)3-2-4-15(12)20/h2-6,9-10,23H,7-8H2,1H3. The number of ether oxygens (including phenoxy) is 2. The molecule has 0 radical (unpaired) electrons. The molecule has 1 aromatic heterocycles. The van der Waals surface area contributed by atoms with Crippen LogP contribution in [-0.4, -0.2) is 22.0 Å². The van der Waals surface area contributed by atoms with Gasteiger partial charge in [-0.2, -0.15) is 0 Å². The lowest BCUT2D eigenvalue weighted by Gasteiger charge is -2.16. The van der Waals surface area contributed by atoms with Gasteiger partial charge < -0.3 is 14.9 Å². The van der Waals surface area contributed by atoms with Crippen molar-refractivity contribution >= 4 is 39.1 Å². The molecule has 0 spiro atoms. The Bertz CT molecular complexity index is 870. The Balaban J connectivity index is 1.76. The first-order valence-corrected chi connectivity index (χ1v) is 9.14. The summed E-state index contributed by atoms with van der Waals surface area (Å²) in [5.74, 6) is 1.18. The Labute approximate surface area is 169 Å². The summed E-state index contributed by atoms with van der Waals surface area (Å²) in [5.41, 5.74) is 4.87. The number of halogens is 3. The highest BCUT2D eigenvalue weighted by Gasteiger charge is 2.14. The Morgan fingerprint density at radius 3 is 2.50 bits per heavy atom. The number of aromatic nitrogens is 3. The van der Waals surface area contributed by atoms with Crippen LogP contribution in [0.15, 0.2) is 47.5 Å². The van der Waals surface area contributed by atoms with Crippen LogP contribution in [0.3, 0.4) is 0 Å². The van der Waals surface area contributed by atoms with Crippen LogP contribution in [0, 0.1) is 0 Å². The SMILES string of the molecule is COc1cc(CNn2cnnc2)cc(Br)c1OCc1c(Cl)cccc1Cl. The van der Waals surface area contributed by atoms with E-state index in [4.69, 9.17) is 32.7 Å². The van der Waals surface area contributed by atoms with Crippen molar-refractivity contribution in [3.8, 4) is 11.5 Å². The van der Waals surface area contributed by atoms with Gasteiger partial charge >= 0.3 is 0 Å². The highest BCUT2D eigenvalue weighted by atomic mass is 79.9. The lowest BCUT2D eigenvalue weighted by atomic mass is 10.2. The summed E-state index contributed by atoms with van der Waals surface area (Å²) in [6, 6.07) is 9.19. The fourth-order valence-electron chi connectivity index (χ4n) is 2.29. The lowest BCUT2D eigenvalue weighted by molar-refractivity contribution is 0.282. The van der Waals surface area contributed by atoms with Gasteiger partial charge in [-0.15, -0.1) is 10.2 Å². The van der Waals surface area contributed by atoms with Gasteiger partial charge in [0, 0.05) is 15.6 Å². The van der Waals surface area contributed by atoms with Gasteiger partial charge in [-0.1, -0.05) is 29.3 Å². The van der Waals surface area contributed by atoms with Gasteiger partial charge in [0.05, 0.1) is 18.1 Å². The van der Waals surface area contributed by atoms with Crippen LogP contribution in [0.25, 0.3) is 0 Å². The van der Waals surface area contributed by atoms with E-state index in [9.17, 15) is 0 Å². The van der Waals surface area contributed by atoms with Crippen LogP contribution in [0.1, 0.15) is 11.1 Å². The first-order valence-electron chi connectivity index (χ1n) is 7.59. The van der Waals surface area contributed by atoms with Gasteiger partial charge in [0.25, 0.3) is 0 Å². The van der Waals surface area contributed by atoms with E-state index in [0.29, 0.717) is 28.1 Å². The second kappa shape index (κ2) is 8.62. The average Bonchev–Trinajstić information content (AvgIpc) is 3.14. The first-order chi connectivity index (χ1) is 12.6. The van der Waals surface area contributed by atoms with Gasteiger partial charge in [0.2, 0.25) is 0 Å². The van der Waals surface area contributed by atoms with E-state index in [-0.39, 0.29) is 6.61 Å². The van der Waals surface area contributed by atoms with E-state index in [0.717, 1.165) is 15.6 Å². The van der Waals surface area contributed by atoms with Crippen molar-refractivity contribution in [2.24, 2.45) is 0 Å². The molecule has 9 heteroatoms. The molecular weight excluding hydrogens is 443 g/mol. The predicted molar refractivity (Wildman–Crippen MR) is 105 cm³/mol. The van der Waals surface area contributed by atoms with Gasteiger partial charge in [-0.05, 0) is 45.8 Å². The highest BCUT2D eigenvalue weighted by Crippen LogP contribution is 2.38. The van der Waals surface area contributed by atoms with Gasteiger partial charge in [0.15, 0.2) is 11.5 Å². The molecule has 0 aliphatic heterocycles. The van der Waals surface area contributed by atoms with Crippen molar-refractivity contribution in [3.05, 3.63) is 68.6 Å². The number of hydrogen-bond donors (Lipinski definition) is 1. The summed E-state index contributed by atoms with van der Waals surface area (Å²) in [4.78, 5) is 0. The number of hydrogen-bond acceptors (Lipinski definition) is 5. The Morgan fingerprint density at radius 1 is 1.15 bits per heavy atom. The number of nitrogens with one attached hydrogen (secondary N) is 1. The molecule has 0 atom stereocenters. The third kappa shape index (κ3) is 4.41. The summed E-state index contributed by atoms with van der Waals surface area (Å²) in [6.07, 6.45) is 3.16. The molecule has 26 heavy (non-hydrogen) atoms. The van der Waals surface area contributed by atoms with Crippen molar-refractivity contribution in [1.82, 2.24) is 14.9 Å². The number of rotatable bonds is 7. The maximum absolute atomic E-state index is 6.20. The second-order valence-electron chi connectivity index (χ2n) is 5.30. The Kier molecular flexibility index (Phi) is 6.24. The average molecular weight is 458 g/mol. The van der Waals surface area contributed by atoms with Crippen LogP contribution in [-0.2, 0) is 13.2 Å². The fraction of sp³-hybridized carbons (Fsp3) is 0.176. The molecule has 0 unspecified atom stereocenters. The fourth-order valence-corrected chi connectivity index (χ4v) is 3.41. The smallest absolute Gasteiger partial charge is 0.175 e. The molecule has 0 bridgehead atoms. The van der Waals surface area contributed by atoms with Crippen LogP contribution >= 0.6 is 39.1 Å². The quantitative estimate of drug-likeness (QED) is 0.558. The van der Waals surface area contributed by atoms with Gasteiger partial charge in [0.1, 0.15) is 19.3 Å². The molecule has 0 saturated heterocycles. The molecule has 3 rings (SSSR count). The monoisotopic (exact) mass is 456 g/mol. The summed E-state index contributed by atoms with van der Waals surface area (Å²) in [6.45, 7) is 0.787. The van der Waals surface area contributed by atoms with E-state index in [1.165, 1.54) is 0 Å². The molecule has 1 heterocycles. The minimum absolute atomic E-state index is 0.228. The molecule has 0 fully saturated rings. The molecule has 136 valence electrons. The zero-order valence-corrected chi connectivity index (χ0v) is 16.8. The van der Waals surface area contributed by atoms with E-state index in [2.05, 4.69) is 31.6 Å². The third-order valence-electron chi connectivity index (χ3n) is 3.60. The van der Waals surface area contributed by atoms with Crippen LogP contribution < -0.4 is 14.9 Å². The molecule has 0 amide bonds. The lowest BCUT2D eigenvalue weighted by Crippen LogP contribution is -2.12. The molecular formula is C17H15BrCl2N4O2. The number of benzene rings is 2. The van der Waals surface area contributed by atoms with E-state index in [1.54, 1.807) is 42.6 Å². The minimum atomic E-state index is 0.228. The predicted octanol–water partition coefficient (Wildman–Crippen LogP) is 4.68. The van der Waals surface area contributed by atoms with Crippen LogP contribution in [0.2, 0.25) is 10.0 Å². The Hall–Kier alpha value is -1.96. The van der Waals surface area contributed by atoms with Gasteiger partial charge in [-0.25, -0.2) is 4.68 Å². The highest BCUT2D eigenvalue weighted by molar-refractivity contribution is 9.10. The summed E-state index contributed by atoms with van der Waals surface area (Å²) >= 11 is 15.9. The van der Waals surface area contributed by atoms with Crippen molar-refractivity contribution < 1.29 is 9.47 Å². The normalized spacial score (nSPS) is 10.6.